The highest BCUT2D eigenvalue weighted by atomic mass is 16.2. The van der Waals surface area contributed by atoms with Gasteiger partial charge in [-0.2, -0.15) is 0 Å². The Hall–Kier alpha value is -3.43. The van der Waals surface area contributed by atoms with Crippen molar-refractivity contribution in [2.45, 2.75) is 13.0 Å². The molecule has 1 aliphatic heterocycles. The lowest BCUT2D eigenvalue weighted by atomic mass is 9.95. The molecule has 1 amide bonds. The number of benzene rings is 4. The zero-order valence-electron chi connectivity index (χ0n) is 18.4. The second-order valence-corrected chi connectivity index (χ2v) is 8.58. The van der Waals surface area contributed by atoms with Crippen molar-refractivity contribution in [3.63, 3.8) is 0 Å². The Morgan fingerprint density at radius 3 is 2.06 bits per heavy atom. The predicted octanol–water partition coefficient (Wildman–Crippen LogP) is 5.70. The smallest absolute Gasteiger partial charge is 0.254 e. The zero-order chi connectivity index (χ0) is 21.9. The van der Waals surface area contributed by atoms with E-state index in [2.05, 4.69) is 78.6 Å². The van der Waals surface area contributed by atoms with E-state index < -0.39 is 0 Å². The fourth-order valence-corrected chi connectivity index (χ4v) is 4.76. The fraction of sp³-hybridized carbons (Fsp3) is 0.207. The molecule has 1 atom stereocenters. The minimum absolute atomic E-state index is 0.132. The van der Waals surface area contributed by atoms with Crippen molar-refractivity contribution in [3.05, 3.63) is 119 Å². The lowest BCUT2D eigenvalue weighted by molar-refractivity contribution is 0.0599. The standard InChI is InChI=1S/C29H28N2O/c1-22-14-16-25(17-15-22)28(24-9-3-2-4-10-24)30-18-20-31(21-19-30)29(32)27-13-7-11-23-8-5-6-12-26(23)27/h2-17,28H,18-21H2,1H3/t28-/m0/s1. The Labute approximate surface area is 189 Å². The Balaban J connectivity index is 1.37. The van der Waals surface area contributed by atoms with E-state index in [1.165, 1.54) is 16.7 Å². The van der Waals surface area contributed by atoms with E-state index in [-0.39, 0.29) is 11.9 Å². The summed E-state index contributed by atoms with van der Waals surface area (Å²) in [5, 5.41) is 2.14. The van der Waals surface area contributed by atoms with Crippen LogP contribution in [0, 0.1) is 6.92 Å². The molecule has 0 unspecified atom stereocenters. The summed E-state index contributed by atoms with van der Waals surface area (Å²) < 4.78 is 0. The van der Waals surface area contributed by atoms with Gasteiger partial charge in [-0.15, -0.1) is 0 Å². The van der Waals surface area contributed by atoms with Gasteiger partial charge in [0, 0.05) is 31.7 Å². The van der Waals surface area contributed by atoms with Crippen LogP contribution in [-0.4, -0.2) is 41.9 Å². The van der Waals surface area contributed by atoms with Gasteiger partial charge in [-0.1, -0.05) is 96.6 Å². The van der Waals surface area contributed by atoms with Gasteiger partial charge in [0.1, 0.15) is 0 Å². The molecule has 3 heteroatoms. The monoisotopic (exact) mass is 420 g/mol. The molecular weight excluding hydrogens is 392 g/mol. The van der Waals surface area contributed by atoms with E-state index in [1.54, 1.807) is 0 Å². The highest BCUT2D eigenvalue weighted by molar-refractivity contribution is 6.07. The highest BCUT2D eigenvalue weighted by Gasteiger charge is 2.29. The number of piperazine rings is 1. The van der Waals surface area contributed by atoms with E-state index in [0.29, 0.717) is 0 Å². The van der Waals surface area contributed by atoms with Crippen LogP contribution in [0.4, 0.5) is 0 Å². The summed E-state index contributed by atoms with van der Waals surface area (Å²) in [6.45, 7) is 5.29. The van der Waals surface area contributed by atoms with Gasteiger partial charge in [-0.3, -0.25) is 9.69 Å². The van der Waals surface area contributed by atoms with E-state index >= 15 is 0 Å². The van der Waals surface area contributed by atoms with Crippen molar-refractivity contribution < 1.29 is 4.79 Å². The minimum atomic E-state index is 0.132. The fourth-order valence-electron chi connectivity index (χ4n) is 4.76. The Morgan fingerprint density at radius 2 is 1.31 bits per heavy atom. The predicted molar refractivity (Wildman–Crippen MR) is 131 cm³/mol. The molecule has 1 saturated heterocycles. The molecule has 0 N–H and O–H groups in total. The number of carbonyl (C=O) groups excluding carboxylic acids is 1. The van der Waals surface area contributed by atoms with Crippen LogP contribution in [-0.2, 0) is 0 Å². The molecular formula is C29H28N2O. The molecule has 1 aliphatic rings. The van der Waals surface area contributed by atoms with Gasteiger partial charge in [0.2, 0.25) is 0 Å². The summed E-state index contributed by atoms with van der Waals surface area (Å²) in [5.74, 6) is 0.132. The van der Waals surface area contributed by atoms with Gasteiger partial charge in [-0.05, 0) is 34.9 Å². The molecule has 160 valence electrons. The van der Waals surface area contributed by atoms with Crippen molar-refractivity contribution in [3.8, 4) is 0 Å². The number of carbonyl (C=O) groups is 1. The molecule has 0 aliphatic carbocycles. The Kier molecular flexibility index (Phi) is 5.74. The molecule has 0 saturated carbocycles. The molecule has 4 aromatic carbocycles. The molecule has 0 bridgehead atoms. The van der Waals surface area contributed by atoms with Crippen LogP contribution < -0.4 is 0 Å². The summed E-state index contributed by atoms with van der Waals surface area (Å²) >= 11 is 0. The summed E-state index contributed by atoms with van der Waals surface area (Å²) in [7, 11) is 0. The topological polar surface area (TPSA) is 23.6 Å². The highest BCUT2D eigenvalue weighted by Crippen LogP contribution is 2.30. The molecule has 32 heavy (non-hydrogen) atoms. The third kappa shape index (κ3) is 4.04. The van der Waals surface area contributed by atoms with Crippen LogP contribution in [0.3, 0.4) is 0 Å². The van der Waals surface area contributed by atoms with Crippen LogP contribution in [0.5, 0.6) is 0 Å². The molecule has 5 rings (SSSR count). The number of rotatable bonds is 4. The normalized spacial score (nSPS) is 15.6. The molecule has 0 spiro atoms. The van der Waals surface area contributed by atoms with Crippen molar-refractivity contribution >= 4 is 16.7 Å². The quantitative estimate of drug-likeness (QED) is 0.423. The van der Waals surface area contributed by atoms with Gasteiger partial charge in [-0.25, -0.2) is 0 Å². The molecule has 0 radical (unpaired) electrons. The van der Waals surface area contributed by atoms with Crippen molar-refractivity contribution in [2.75, 3.05) is 26.2 Å². The lowest BCUT2D eigenvalue weighted by Crippen LogP contribution is -2.49. The number of amides is 1. The number of nitrogens with zero attached hydrogens (tertiary/aromatic N) is 2. The van der Waals surface area contributed by atoms with E-state index in [4.69, 9.17) is 0 Å². The summed E-state index contributed by atoms with van der Waals surface area (Å²) in [6.07, 6.45) is 0. The average Bonchev–Trinajstić information content (AvgIpc) is 2.86. The second kappa shape index (κ2) is 8.97. The van der Waals surface area contributed by atoms with E-state index in [0.717, 1.165) is 42.5 Å². The third-order valence-corrected chi connectivity index (χ3v) is 6.50. The molecule has 3 nitrogen and oxygen atoms in total. The van der Waals surface area contributed by atoms with Crippen LogP contribution in [0.1, 0.15) is 33.1 Å². The molecule has 1 fully saturated rings. The van der Waals surface area contributed by atoms with Crippen molar-refractivity contribution in [1.82, 2.24) is 9.80 Å². The summed E-state index contributed by atoms with van der Waals surface area (Å²) in [5.41, 5.74) is 4.67. The number of hydrogen-bond donors (Lipinski definition) is 0. The first-order chi connectivity index (χ1) is 15.7. The Bertz CT molecular complexity index is 1200. The van der Waals surface area contributed by atoms with Crippen molar-refractivity contribution in [2.24, 2.45) is 0 Å². The first kappa shape index (κ1) is 20.5. The van der Waals surface area contributed by atoms with Gasteiger partial charge in [0.25, 0.3) is 5.91 Å². The number of fused-ring (bicyclic) bond motifs is 1. The van der Waals surface area contributed by atoms with E-state index in [9.17, 15) is 4.79 Å². The van der Waals surface area contributed by atoms with Crippen molar-refractivity contribution in [1.29, 1.82) is 0 Å². The number of hydrogen-bond acceptors (Lipinski definition) is 2. The Morgan fingerprint density at radius 1 is 0.688 bits per heavy atom. The van der Waals surface area contributed by atoms with Crippen LogP contribution in [0.2, 0.25) is 0 Å². The van der Waals surface area contributed by atoms with Gasteiger partial charge >= 0.3 is 0 Å². The van der Waals surface area contributed by atoms with Crippen LogP contribution in [0.25, 0.3) is 10.8 Å². The summed E-state index contributed by atoms with van der Waals surface area (Å²) in [6, 6.07) is 33.9. The number of aryl methyl sites for hydroxylation is 1. The zero-order valence-corrected chi connectivity index (χ0v) is 18.4. The average molecular weight is 421 g/mol. The van der Waals surface area contributed by atoms with Crippen LogP contribution in [0.15, 0.2) is 97.1 Å². The first-order valence-electron chi connectivity index (χ1n) is 11.3. The molecule has 4 aromatic rings. The molecule has 0 aromatic heterocycles. The first-order valence-corrected chi connectivity index (χ1v) is 11.3. The lowest BCUT2D eigenvalue weighted by Gasteiger charge is -2.40. The maximum absolute atomic E-state index is 13.4. The SMILES string of the molecule is Cc1ccc([C@H](c2ccccc2)N2CCN(C(=O)c3cccc4ccccc34)CC2)cc1. The maximum atomic E-state index is 13.4. The largest absolute Gasteiger partial charge is 0.336 e. The molecule has 1 heterocycles. The second-order valence-electron chi connectivity index (χ2n) is 8.58. The third-order valence-electron chi connectivity index (χ3n) is 6.50. The summed E-state index contributed by atoms with van der Waals surface area (Å²) in [4.78, 5) is 17.9. The van der Waals surface area contributed by atoms with Gasteiger partial charge in [0.05, 0.1) is 6.04 Å². The van der Waals surface area contributed by atoms with Crippen LogP contribution >= 0.6 is 0 Å². The minimum Gasteiger partial charge on any atom is -0.336 e. The van der Waals surface area contributed by atoms with E-state index in [1.807, 2.05) is 35.2 Å². The maximum Gasteiger partial charge on any atom is 0.254 e. The van der Waals surface area contributed by atoms with Gasteiger partial charge < -0.3 is 4.90 Å². The van der Waals surface area contributed by atoms with Gasteiger partial charge in [0.15, 0.2) is 0 Å².